The van der Waals surface area contributed by atoms with Gasteiger partial charge in [0.05, 0.1) is 22.9 Å². The van der Waals surface area contributed by atoms with Crippen LogP contribution in [0.3, 0.4) is 0 Å². The maximum Gasteiger partial charge on any atom is 0.243 e. The van der Waals surface area contributed by atoms with Crippen molar-refractivity contribution >= 4 is 28.3 Å². The number of rotatable bonds is 15. The van der Waals surface area contributed by atoms with Crippen molar-refractivity contribution in [2.75, 3.05) is 57.2 Å². The topological polar surface area (TPSA) is 130 Å². The van der Waals surface area contributed by atoms with E-state index in [9.17, 15) is 4.21 Å². The summed E-state index contributed by atoms with van der Waals surface area (Å²) < 4.78 is 31.3. The van der Waals surface area contributed by atoms with Crippen LogP contribution in [-0.2, 0) is 22.3 Å². The average Bonchev–Trinajstić information content (AvgIpc) is 3.86. The average molecular weight is 784 g/mol. The van der Waals surface area contributed by atoms with Gasteiger partial charge < -0.3 is 19.8 Å². The third kappa shape index (κ3) is 9.07. The maximum absolute atomic E-state index is 13.8. The summed E-state index contributed by atoms with van der Waals surface area (Å²) >= 11 is 0. The summed E-state index contributed by atoms with van der Waals surface area (Å²) in [5, 5.41) is 14.8. The number of ether oxygens (including phenoxy) is 2. The fraction of sp³-hybridized carbons (Fsp3) is 0.512. The quantitative estimate of drug-likeness (QED) is 0.118. The van der Waals surface area contributed by atoms with Gasteiger partial charge in [0, 0.05) is 58.1 Å². The predicted octanol–water partition coefficient (Wildman–Crippen LogP) is 6.19. The number of fused-ring (bicyclic) bond motifs is 1. The Labute approximate surface area is 333 Å². The number of anilines is 2. The van der Waals surface area contributed by atoms with Crippen molar-refractivity contribution in [3.8, 4) is 17.0 Å². The molecule has 0 amide bonds. The zero-order valence-electron chi connectivity index (χ0n) is 33.8. The smallest absolute Gasteiger partial charge is 0.243 e. The number of benzene rings is 2. The number of hydrogen-bond donors (Lipinski definition) is 2. The van der Waals surface area contributed by atoms with Crippen molar-refractivity contribution in [3.05, 3.63) is 77.9 Å². The van der Waals surface area contributed by atoms with E-state index in [-0.39, 0.29) is 18.4 Å². The largest absolute Gasteiger partial charge is 0.485 e. The van der Waals surface area contributed by atoms with Gasteiger partial charge in [0.15, 0.2) is 5.75 Å². The predicted molar refractivity (Wildman–Crippen MR) is 221 cm³/mol. The third-order valence-corrected chi connectivity index (χ3v) is 12.4. The zero-order chi connectivity index (χ0) is 39.3. The van der Waals surface area contributed by atoms with Crippen LogP contribution in [0.2, 0.25) is 0 Å². The number of nitrogens with one attached hydrogen (secondary N) is 2. The molecule has 56 heavy (non-hydrogen) atoms. The Morgan fingerprint density at radius 1 is 1.04 bits per heavy atom. The maximum atomic E-state index is 13.8. The summed E-state index contributed by atoms with van der Waals surface area (Å²) in [6.07, 6.45) is 8.95. The van der Waals surface area contributed by atoms with Gasteiger partial charge in [-0.2, -0.15) is 14.6 Å². The lowest BCUT2D eigenvalue weighted by atomic mass is 9.88. The van der Waals surface area contributed by atoms with E-state index in [1.807, 2.05) is 47.0 Å². The van der Waals surface area contributed by atoms with E-state index in [2.05, 4.69) is 80.4 Å². The van der Waals surface area contributed by atoms with E-state index in [1.54, 1.807) is 21.7 Å². The zero-order valence-corrected chi connectivity index (χ0v) is 34.6. The first kappa shape index (κ1) is 39.8. The Kier molecular flexibility index (Phi) is 12.7. The van der Waals surface area contributed by atoms with Gasteiger partial charge in [0.25, 0.3) is 0 Å². The van der Waals surface area contributed by atoms with Crippen LogP contribution in [0, 0.1) is 6.92 Å². The summed E-state index contributed by atoms with van der Waals surface area (Å²) in [5.41, 5.74) is 10.4. The molecule has 2 fully saturated rings. The van der Waals surface area contributed by atoms with Crippen LogP contribution in [-0.4, -0.2) is 102 Å². The van der Waals surface area contributed by atoms with Crippen LogP contribution >= 0.6 is 0 Å². The third-order valence-electron chi connectivity index (χ3n) is 10.9. The molecular weight excluding hydrogens is 727 g/mol. The number of nitrogens with zero attached hydrogens (tertiary/aromatic N) is 9. The lowest BCUT2D eigenvalue weighted by Crippen LogP contribution is -2.40. The lowest BCUT2D eigenvalue weighted by Gasteiger charge is -2.33. The molecule has 2 aliphatic rings. The van der Waals surface area contributed by atoms with Crippen LogP contribution in [0.4, 0.5) is 11.6 Å². The van der Waals surface area contributed by atoms with Crippen molar-refractivity contribution in [1.82, 2.24) is 44.0 Å². The molecule has 5 aromatic rings. The molecule has 14 nitrogen and oxygen atoms in total. The number of aromatic nitrogens is 6. The molecule has 2 N–H and O–H groups in total. The van der Waals surface area contributed by atoms with Crippen LogP contribution in [0.1, 0.15) is 82.2 Å². The number of piperidine rings is 2. The fourth-order valence-corrected chi connectivity index (χ4v) is 9.01. The summed E-state index contributed by atoms with van der Waals surface area (Å²) in [5.74, 6) is 1.63. The molecule has 3 aromatic heterocycles. The van der Waals surface area contributed by atoms with E-state index in [4.69, 9.17) is 24.5 Å². The molecule has 2 saturated heterocycles. The minimum Gasteiger partial charge on any atom is -0.485 e. The monoisotopic (exact) mass is 783 g/mol. The first-order chi connectivity index (χ1) is 27.1. The molecule has 0 radical (unpaired) electrons. The molecule has 2 unspecified atom stereocenters. The Hall–Kier alpha value is -4.41. The summed E-state index contributed by atoms with van der Waals surface area (Å²) in [7, 11) is 2.79. The molecule has 15 heteroatoms. The Balaban J connectivity index is 0.938. The summed E-state index contributed by atoms with van der Waals surface area (Å²) in [6.45, 7) is 15.0. The highest BCUT2D eigenvalue weighted by atomic mass is 32.2. The molecule has 2 aromatic carbocycles. The molecular formula is C41H57N11O3S. The first-order valence-corrected chi connectivity index (χ1v) is 21.0. The van der Waals surface area contributed by atoms with E-state index in [0.717, 1.165) is 55.8 Å². The van der Waals surface area contributed by atoms with Crippen molar-refractivity contribution in [3.63, 3.8) is 0 Å². The molecule has 0 spiro atoms. The molecule has 300 valence electrons. The van der Waals surface area contributed by atoms with Crippen LogP contribution in [0.25, 0.3) is 16.9 Å². The Morgan fingerprint density at radius 2 is 1.82 bits per heavy atom. The van der Waals surface area contributed by atoms with Crippen LogP contribution in [0.15, 0.2) is 66.1 Å². The van der Waals surface area contributed by atoms with E-state index < -0.39 is 11.0 Å². The van der Waals surface area contributed by atoms with Crippen molar-refractivity contribution < 1.29 is 13.7 Å². The van der Waals surface area contributed by atoms with Gasteiger partial charge in [-0.1, -0.05) is 24.3 Å². The minimum absolute atomic E-state index is 0.0970. The highest BCUT2D eigenvalue weighted by molar-refractivity contribution is 7.82. The highest BCUT2D eigenvalue weighted by Crippen LogP contribution is 2.34. The second kappa shape index (κ2) is 17.8. The van der Waals surface area contributed by atoms with Gasteiger partial charge >= 0.3 is 0 Å². The van der Waals surface area contributed by atoms with E-state index in [1.165, 1.54) is 22.4 Å². The van der Waals surface area contributed by atoms with Crippen molar-refractivity contribution in [1.29, 1.82) is 0 Å². The fourth-order valence-electron chi connectivity index (χ4n) is 7.72. The Morgan fingerprint density at radius 3 is 2.55 bits per heavy atom. The molecule has 2 aliphatic heterocycles. The van der Waals surface area contributed by atoms with Gasteiger partial charge in [0.1, 0.15) is 29.2 Å². The second-order valence-electron chi connectivity index (χ2n) is 15.2. The standard InChI is InChI=1S/C41H57N11O3S/c1-8-54-30(5)51-26-34(24-44-51)38-39(55-28(2)3)40-46-41(47-52(40)27-43-38)45-35-16-20-50(21-17-35)56(53)36-11-9-10-31(22-36)25-49-18-14-32(15-19-49)33-13-12-29(4)37(23-33)48(7)42-6/h9-13,22-24,26-28,30,32,35,42H,8,14-21,25H2,1-7H3,(H,45,47). The van der Waals surface area contributed by atoms with Gasteiger partial charge in [-0.25, -0.2) is 23.6 Å². The van der Waals surface area contributed by atoms with Gasteiger partial charge in [-0.05, 0) is 114 Å². The minimum atomic E-state index is -1.23. The van der Waals surface area contributed by atoms with Gasteiger partial charge in [-0.15, -0.1) is 5.10 Å². The Bertz CT molecular complexity index is 2100. The molecule has 0 aliphatic carbocycles. The summed E-state index contributed by atoms with van der Waals surface area (Å²) in [6, 6.07) is 15.4. The second-order valence-corrected chi connectivity index (χ2v) is 16.7. The molecule has 7 rings (SSSR count). The van der Waals surface area contributed by atoms with Crippen LogP contribution in [0.5, 0.6) is 5.75 Å². The lowest BCUT2D eigenvalue weighted by molar-refractivity contribution is 0.0160. The first-order valence-electron chi connectivity index (χ1n) is 19.9. The van der Waals surface area contributed by atoms with Crippen molar-refractivity contribution in [2.24, 2.45) is 0 Å². The number of likely N-dealkylation sites (tertiary alicyclic amines) is 1. The van der Waals surface area contributed by atoms with Gasteiger partial charge in [0.2, 0.25) is 11.6 Å². The highest BCUT2D eigenvalue weighted by Gasteiger charge is 2.27. The molecule has 0 bridgehead atoms. The van der Waals surface area contributed by atoms with Crippen molar-refractivity contribution in [2.45, 2.75) is 96.0 Å². The molecule has 5 heterocycles. The van der Waals surface area contributed by atoms with Crippen LogP contribution < -0.4 is 20.5 Å². The van der Waals surface area contributed by atoms with E-state index >= 15 is 0 Å². The molecule has 2 atom stereocenters. The number of aryl methyl sites for hydroxylation is 1. The van der Waals surface area contributed by atoms with Gasteiger partial charge in [-0.3, -0.25) is 4.90 Å². The summed E-state index contributed by atoms with van der Waals surface area (Å²) in [4.78, 5) is 13.0. The van der Waals surface area contributed by atoms with E-state index in [0.29, 0.717) is 48.7 Å². The number of hydrogen-bond acceptors (Lipinski definition) is 11. The normalized spacial score (nSPS) is 17.4. The SMILES string of the molecule is CCOC(C)n1cc(-c2ncn3nc(NC4CCN(S(=O)c5cccc(CN6CCC(c7ccc(C)c(N(C)NC)c7)CC6)c5)CC4)nc3c2OC(C)C)cn1. The molecule has 0 saturated carbocycles. The number of hydrazine groups is 1.